The summed E-state index contributed by atoms with van der Waals surface area (Å²) in [6.07, 6.45) is 7.90. The predicted molar refractivity (Wildman–Crippen MR) is 113 cm³/mol. The molecule has 4 aliphatic heterocycles. The molecule has 0 saturated carbocycles. The summed E-state index contributed by atoms with van der Waals surface area (Å²) in [4.78, 5) is 18.5. The van der Waals surface area contributed by atoms with Crippen LogP contribution in [-0.4, -0.2) is 58.1 Å². The van der Waals surface area contributed by atoms with E-state index in [-0.39, 0.29) is 0 Å². The van der Waals surface area contributed by atoms with Gasteiger partial charge in [0, 0.05) is 49.4 Å². The van der Waals surface area contributed by atoms with Gasteiger partial charge in [0.1, 0.15) is 0 Å². The molecule has 0 aliphatic carbocycles. The van der Waals surface area contributed by atoms with E-state index >= 15 is 0 Å². The van der Waals surface area contributed by atoms with Crippen LogP contribution in [0.15, 0.2) is 16.9 Å². The minimum Gasteiger partial charge on any atom is -0.312 e. The Morgan fingerprint density at radius 2 is 1.81 bits per heavy atom. The Labute approximate surface area is 167 Å². The van der Waals surface area contributed by atoms with Crippen LogP contribution in [0.5, 0.6) is 0 Å². The number of pyridine rings is 1. The highest BCUT2D eigenvalue weighted by atomic mass is 32.2. The van der Waals surface area contributed by atoms with E-state index < -0.39 is 0 Å². The van der Waals surface area contributed by atoms with Crippen molar-refractivity contribution < 1.29 is 0 Å². The van der Waals surface area contributed by atoms with E-state index in [9.17, 15) is 4.79 Å². The first-order chi connectivity index (χ1) is 13.3. The molecule has 4 nitrogen and oxygen atoms in total. The second kappa shape index (κ2) is 7.92. The third-order valence-electron chi connectivity index (χ3n) is 7.26. The summed E-state index contributed by atoms with van der Waals surface area (Å²) in [5, 5.41) is 0. The third kappa shape index (κ3) is 3.75. The fourth-order valence-corrected chi connectivity index (χ4v) is 6.94. The molecule has 1 aromatic rings. The van der Waals surface area contributed by atoms with Crippen molar-refractivity contribution in [2.24, 2.45) is 5.92 Å². The van der Waals surface area contributed by atoms with Gasteiger partial charge in [-0.15, -0.1) is 0 Å². The van der Waals surface area contributed by atoms with E-state index in [4.69, 9.17) is 0 Å². The molecule has 0 amide bonds. The maximum Gasteiger partial charge on any atom is 0.255 e. The molecule has 5 rings (SSSR count). The third-order valence-corrected chi connectivity index (χ3v) is 8.31. The minimum atomic E-state index is 0.301. The predicted octanol–water partition coefficient (Wildman–Crippen LogP) is 3.15. The number of aromatic nitrogens is 1. The molecule has 0 N–H and O–H groups in total. The summed E-state index contributed by atoms with van der Waals surface area (Å²) in [6.45, 7) is 6.46. The lowest BCUT2D eigenvalue weighted by Crippen LogP contribution is -2.51. The highest BCUT2D eigenvalue weighted by Crippen LogP contribution is 2.37. The fraction of sp³-hybridized carbons (Fsp3) is 0.773. The number of nitrogens with zero attached hydrogens (tertiary/aromatic N) is 3. The number of hydrogen-bond donors (Lipinski definition) is 0. The quantitative estimate of drug-likeness (QED) is 0.797. The van der Waals surface area contributed by atoms with Crippen LogP contribution in [0, 0.1) is 5.92 Å². The molecule has 27 heavy (non-hydrogen) atoms. The van der Waals surface area contributed by atoms with Crippen molar-refractivity contribution in [3.05, 3.63) is 33.7 Å². The van der Waals surface area contributed by atoms with Gasteiger partial charge < -0.3 is 4.57 Å². The fourth-order valence-electron chi connectivity index (χ4n) is 5.86. The zero-order valence-electron chi connectivity index (χ0n) is 16.4. The van der Waals surface area contributed by atoms with E-state index in [0.717, 1.165) is 44.3 Å². The van der Waals surface area contributed by atoms with Crippen LogP contribution in [0.3, 0.4) is 0 Å². The summed E-state index contributed by atoms with van der Waals surface area (Å²) in [7, 11) is 0. The summed E-state index contributed by atoms with van der Waals surface area (Å²) >= 11 is 2.11. The molecule has 5 heterocycles. The molecule has 3 saturated heterocycles. The van der Waals surface area contributed by atoms with Crippen molar-refractivity contribution in [2.75, 3.05) is 37.7 Å². The molecular weight excluding hydrogens is 354 g/mol. The lowest BCUT2D eigenvalue weighted by atomic mass is 9.82. The molecule has 0 aromatic carbocycles. The van der Waals surface area contributed by atoms with Crippen LogP contribution >= 0.6 is 11.8 Å². The number of rotatable bonds is 3. The normalized spacial score (nSPS) is 30.2. The molecule has 0 spiro atoms. The van der Waals surface area contributed by atoms with Gasteiger partial charge in [0.15, 0.2) is 0 Å². The minimum absolute atomic E-state index is 0.301. The first-order valence-corrected chi connectivity index (χ1v) is 12.2. The van der Waals surface area contributed by atoms with E-state index in [0.29, 0.717) is 17.4 Å². The summed E-state index contributed by atoms with van der Waals surface area (Å²) < 4.78 is 2.16. The molecule has 2 bridgehead atoms. The maximum absolute atomic E-state index is 13.2. The van der Waals surface area contributed by atoms with Crippen molar-refractivity contribution in [2.45, 2.75) is 63.6 Å². The molecule has 3 fully saturated rings. The lowest BCUT2D eigenvalue weighted by Gasteiger charge is -2.46. The number of thioether (sulfide) groups is 1. The van der Waals surface area contributed by atoms with Gasteiger partial charge in [0.25, 0.3) is 5.56 Å². The summed E-state index contributed by atoms with van der Waals surface area (Å²) in [5.41, 5.74) is 2.63. The van der Waals surface area contributed by atoms with Gasteiger partial charge in [-0.05, 0) is 68.7 Å². The monoisotopic (exact) mass is 387 g/mol. The van der Waals surface area contributed by atoms with Crippen LogP contribution in [-0.2, 0) is 13.1 Å². The van der Waals surface area contributed by atoms with Gasteiger partial charge in [0.2, 0.25) is 0 Å². The Kier molecular flexibility index (Phi) is 5.36. The largest absolute Gasteiger partial charge is 0.312 e. The first kappa shape index (κ1) is 18.3. The highest BCUT2D eigenvalue weighted by molar-refractivity contribution is 7.99. The molecular formula is C22H33N3OS. The zero-order chi connectivity index (χ0) is 18.2. The first-order valence-electron chi connectivity index (χ1n) is 11.0. The van der Waals surface area contributed by atoms with E-state index in [1.54, 1.807) is 0 Å². The highest BCUT2D eigenvalue weighted by Gasteiger charge is 2.37. The molecule has 0 unspecified atom stereocenters. The van der Waals surface area contributed by atoms with E-state index in [2.05, 4.69) is 38.3 Å². The maximum atomic E-state index is 13.2. The Morgan fingerprint density at radius 1 is 1.00 bits per heavy atom. The number of fused-ring (bicyclic) bond motifs is 4. The van der Waals surface area contributed by atoms with Gasteiger partial charge in [0.05, 0.1) is 0 Å². The molecule has 148 valence electrons. The van der Waals surface area contributed by atoms with Crippen LogP contribution < -0.4 is 5.56 Å². The van der Waals surface area contributed by atoms with Gasteiger partial charge in [-0.3, -0.25) is 14.6 Å². The average molecular weight is 388 g/mol. The van der Waals surface area contributed by atoms with Gasteiger partial charge in [-0.25, -0.2) is 0 Å². The second-order valence-electron chi connectivity index (χ2n) is 9.13. The summed E-state index contributed by atoms with van der Waals surface area (Å²) in [5.74, 6) is 3.87. The average Bonchev–Trinajstić information content (AvgIpc) is 2.72. The van der Waals surface area contributed by atoms with Crippen molar-refractivity contribution in [3.63, 3.8) is 0 Å². The molecule has 4 aliphatic rings. The van der Waals surface area contributed by atoms with Crippen molar-refractivity contribution in [1.29, 1.82) is 0 Å². The Bertz CT molecular complexity index is 721. The molecule has 2 atom stereocenters. The SMILES string of the molecule is O=c1c(CN2CCCCC2)ccc2n1C[C@H]1C[C@@H]2CN(C2CCSCC2)C1. The standard InChI is InChI=1S/C22H33N3OS/c26-22-18(15-23-8-2-1-3-9-23)4-5-21-19-12-17(14-25(21)22)13-24(16-19)20-6-10-27-11-7-20/h4-5,17,19-20H,1-3,6-16H2/t17-,19+/m0/s1. The van der Waals surface area contributed by atoms with E-state index in [1.807, 2.05) is 0 Å². The van der Waals surface area contributed by atoms with Gasteiger partial charge in [-0.2, -0.15) is 11.8 Å². The van der Waals surface area contributed by atoms with Gasteiger partial charge >= 0.3 is 0 Å². The summed E-state index contributed by atoms with van der Waals surface area (Å²) in [6, 6.07) is 5.23. The second-order valence-corrected chi connectivity index (χ2v) is 10.4. The van der Waals surface area contributed by atoms with E-state index in [1.165, 1.54) is 62.3 Å². The molecule has 0 radical (unpaired) electrons. The van der Waals surface area contributed by atoms with Crippen LogP contribution in [0.2, 0.25) is 0 Å². The topological polar surface area (TPSA) is 28.5 Å². The molecule has 5 heteroatoms. The zero-order valence-corrected chi connectivity index (χ0v) is 17.3. The molecule has 1 aromatic heterocycles. The van der Waals surface area contributed by atoms with Crippen LogP contribution in [0.1, 0.15) is 55.7 Å². The number of hydrogen-bond acceptors (Lipinski definition) is 4. The van der Waals surface area contributed by atoms with Crippen molar-refractivity contribution in [1.82, 2.24) is 14.4 Å². The van der Waals surface area contributed by atoms with Gasteiger partial charge in [-0.1, -0.05) is 12.5 Å². The number of piperidine rings is 2. The van der Waals surface area contributed by atoms with Crippen molar-refractivity contribution >= 4 is 11.8 Å². The smallest absolute Gasteiger partial charge is 0.255 e. The lowest BCUT2D eigenvalue weighted by molar-refractivity contribution is 0.0772. The van der Waals surface area contributed by atoms with Crippen LogP contribution in [0.4, 0.5) is 0 Å². The number of likely N-dealkylation sites (tertiary alicyclic amines) is 2. The Morgan fingerprint density at radius 3 is 2.63 bits per heavy atom. The van der Waals surface area contributed by atoms with Crippen LogP contribution in [0.25, 0.3) is 0 Å². The van der Waals surface area contributed by atoms with Crippen molar-refractivity contribution in [3.8, 4) is 0 Å². The Hall–Kier alpha value is -0.780. The Balaban J connectivity index is 1.35.